The molecular weight excluding hydrogens is 268 g/mol. The standard InChI is InChI=1S/C16H30N2O3/c1-5-15(4,6-2)18-14(21)17-11-16(13(19)20)9-7-12(3)8-10-16/h12H,5-11H2,1-4H3,(H,19,20)(H2,17,18,21). The molecule has 1 rings (SSSR count). The Hall–Kier alpha value is -1.26. The molecule has 3 N–H and O–H groups in total. The van der Waals surface area contributed by atoms with E-state index in [0.29, 0.717) is 18.8 Å². The summed E-state index contributed by atoms with van der Waals surface area (Å²) in [6.07, 6.45) is 4.80. The third-order valence-corrected chi connectivity index (χ3v) is 5.25. The highest BCUT2D eigenvalue weighted by molar-refractivity contribution is 5.78. The maximum atomic E-state index is 12.0. The smallest absolute Gasteiger partial charge is 0.315 e. The van der Waals surface area contributed by atoms with E-state index in [4.69, 9.17) is 0 Å². The average Bonchev–Trinajstić information content (AvgIpc) is 2.46. The summed E-state index contributed by atoms with van der Waals surface area (Å²) in [5, 5.41) is 15.3. The number of hydrogen-bond donors (Lipinski definition) is 3. The third-order valence-electron chi connectivity index (χ3n) is 5.25. The lowest BCUT2D eigenvalue weighted by molar-refractivity contribution is -0.151. The minimum atomic E-state index is -0.793. The second-order valence-corrected chi connectivity index (χ2v) is 6.84. The van der Waals surface area contributed by atoms with E-state index in [-0.39, 0.29) is 18.1 Å². The summed E-state index contributed by atoms with van der Waals surface area (Å²) in [5.41, 5.74) is -1.03. The van der Waals surface area contributed by atoms with Crippen LogP contribution in [0.15, 0.2) is 0 Å². The van der Waals surface area contributed by atoms with E-state index in [2.05, 4.69) is 17.6 Å². The molecule has 0 aromatic heterocycles. The first kappa shape index (κ1) is 17.8. The summed E-state index contributed by atoms with van der Waals surface area (Å²) < 4.78 is 0. The van der Waals surface area contributed by atoms with Crippen LogP contribution in [0.4, 0.5) is 4.79 Å². The monoisotopic (exact) mass is 298 g/mol. The Morgan fingerprint density at radius 2 is 1.76 bits per heavy atom. The molecule has 1 fully saturated rings. The van der Waals surface area contributed by atoms with E-state index in [9.17, 15) is 14.7 Å². The number of carbonyl (C=O) groups excluding carboxylic acids is 1. The Balaban J connectivity index is 2.58. The molecule has 5 heteroatoms. The van der Waals surface area contributed by atoms with Gasteiger partial charge in [-0.3, -0.25) is 4.79 Å². The van der Waals surface area contributed by atoms with E-state index in [1.54, 1.807) is 0 Å². The van der Waals surface area contributed by atoms with Gasteiger partial charge in [0, 0.05) is 12.1 Å². The van der Waals surface area contributed by atoms with Crippen LogP contribution in [0.25, 0.3) is 0 Å². The van der Waals surface area contributed by atoms with Gasteiger partial charge in [-0.2, -0.15) is 0 Å². The van der Waals surface area contributed by atoms with Crippen molar-refractivity contribution in [3.63, 3.8) is 0 Å². The van der Waals surface area contributed by atoms with Gasteiger partial charge in [0.2, 0.25) is 0 Å². The Morgan fingerprint density at radius 1 is 1.24 bits per heavy atom. The number of amides is 2. The van der Waals surface area contributed by atoms with Crippen LogP contribution in [-0.2, 0) is 4.79 Å². The molecule has 0 saturated heterocycles. The van der Waals surface area contributed by atoms with E-state index in [1.807, 2.05) is 20.8 Å². The fourth-order valence-electron chi connectivity index (χ4n) is 2.78. The summed E-state index contributed by atoms with van der Waals surface area (Å²) in [4.78, 5) is 23.7. The van der Waals surface area contributed by atoms with Gasteiger partial charge in [-0.05, 0) is 51.4 Å². The fourth-order valence-corrected chi connectivity index (χ4v) is 2.78. The van der Waals surface area contributed by atoms with Gasteiger partial charge in [0.05, 0.1) is 5.41 Å². The summed E-state index contributed by atoms with van der Waals surface area (Å²) in [5.74, 6) is -0.210. The van der Waals surface area contributed by atoms with Crippen molar-refractivity contribution in [1.29, 1.82) is 0 Å². The number of aliphatic carboxylic acids is 1. The molecule has 0 spiro atoms. The number of urea groups is 1. The van der Waals surface area contributed by atoms with Crippen molar-refractivity contribution in [1.82, 2.24) is 10.6 Å². The van der Waals surface area contributed by atoms with Crippen LogP contribution in [0.3, 0.4) is 0 Å². The minimum absolute atomic E-state index is 0.213. The van der Waals surface area contributed by atoms with Crippen LogP contribution in [0.5, 0.6) is 0 Å². The number of carboxylic acids is 1. The second-order valence-electron chi connectivity index (χ2n) is 6.84. The molecule has 1 aliphatic carbocycles. The quantitative estimate of drug-likeness (QED) is 0.705. The largest absolute Gasteiger partial charge is 0.481 e. The lowest BCUT2D eigenvalue weighted by Crippen LogP contribution is -2.53. The second kappa shape index (κ2) is 7.14. The molecule has 0 aliphatic heterocycles. The number of carboxylic acid groups (broad SMARTS) is 1. The Kier molecular flexibility index (Phi) is 6.05. The highest BCUT2D eigenvalue weighted by atomic mass is 16.4. The van der Waals surface area contributed by atoms with Crippen LogP contribution < -0.4 is 10.6 Å². The molecule has 0 bridgehead atoms. The molecule has 0 aromatic carbocycles. The number of rotatable bonds is 6. The average molecular weight is 298 g/mol. The molecule has 0 heterocycles. The van der Waals surface area contributed by atoms with Gasteiger partial charge in [-0.15, -0.1) is 0 Å². The van der Waals surface area contributed by atoms with Gasteiger partial charge >= 0.3 is 12.0 Å². The zero-order chi connectivity index (χ0) is 16.1. The van der Waals surface area contributed by atoms with Crippen LogP contribution in [0.2, 0.25) is 0 Å². The molecule has 0 radical (unpaired) electrons. The minimum Gasteiger partial charge on any atom is -0.481 e. The summed E-state index contributed by atoms with van der Waals surface area (Å²) in [6.45, 7) is 8.43. The van der Waals surface area contributed by atoms with Crippen LogP contribution in [0, 0.1) is 11.3 Å². The number of nitrogens with one attached hydrogen (secondary N) is 2. The first-order chi connectivity index (χ1) is 9.77. The molecule has 0 unspecified atom stereocenters. The fraction of sp³-hybridized carbons (Fsp3) is 0.875. The third kappa shape index (κ3) is 4.61. The zero-order valence-corrected chi connectivity index (χ0v) is 13.8. The summed E-state index contributed by atoms with van der Waals surface area (Å²) >= 11 is 0. The maximum absolute atomic E-state index is 12.0. The van der Waals surface area contributed by atoms with Gasteiger partial charge < -0.3 is 15.7 Å². The van der Waals surface area contributed by atoms with Crippen molar-refractivity contribution in [2.45, 2.75) is 71.8 Å². The topological polar surface area (TPSA) is 78.4 Å². The summed E-state index contributed by atoms with van der Waals surface area (Å²) in [6, 6.07) is -0.263. The predicted molar refractivity (Wildman–Crippen MR) is 83.2 cm³/mol. The lowest BCUT2D eigenvalue weighted by atomic mass is 9.71. The number of carbonyl (C=O) groups is 2. The van der Waals surface area contributed by atoms with Crippen molar-refractivity contribution in [2.75, 3.05) is 6.54 Å². The van der Waals surface area contributed by atoms with Crippen molar-refractivity contribution in [2.24, 2.45) is 11.3 Å². The molecule has 122 valence electrons. The van der Waals surface area contributed by atoms with Crippen LogP contribution >= 0.6 is 0 Å². The van der Waals surface area contributed by atoms with E-state index in [1.165, 1.54) is 0 Å². The van der Waals surface area contributed by atoms with Gasteiger partial charge in [0.1, 0.15) is 0 Å². The van der Waals surface area contributed by atoms with Gasteiger partial charge in [0.25, 0.3) is 0 Å². The zero-order valence-electron chi connectivity index (χ0n) is 13.8. The molecule has 1 saturated carbocycles. The van der Waals surface area contributed by atoms with Crippen molar-refractivity contribution in [3.8, 4) is 0 Å². The van der Waals surface area contributed by atoms with E-state index >= 15 is 0 Å². The highest BCUT2D eigenvalue weighted by Gasteiger charge is 2.41. The predicted octanol–water partition coefficient (Wildman–Crippen LogP) is 3.15. The van der Waals surface area contributed by atoms with E-state index in [0.717, 1.165) is 25.7 Å². The molecule has 1 aliphatic rings. The van der Waals surface area contributed by atoms with Crippen molar-refractivity contribution < 1.29 is 14.7 Å². The van der Waals surface area contributed by atoms with Gasteiger partial charge in [-0.1, -0.05) is 20.8 Å². The molecular formula is C16H30N2O3. The molecule has 0 atom stereocenters. The van der Waals surface area contributed by atoms with Crippen LogP contribution in [-0.4, -0.2) is 29.2 Å². The summed E-state index contributed by atoms with van der Waals surface area (Å²) in [7, 11) is 0. The van der Waals surface area contributed by atoms with Gasteiger partial charge in [0.15, 0.2) is 0 Å². The molecule has 0 aromatic rings. The molecule has 21 heavy (non-hydrogen) atoms. The molecule has 5 nitrogen and oxygen atoms in total. The Labute approximate surface area is 127 Å². The van der Waals surface area contributed by atoms with E-state index < -0.39 is 11.4 Å². The van der Waals surface area contributed by atoms with Crippen molar-refractivity contribution >= 4 is 12.0 Å². The van der Waals surface area contributed by atoms with Crippen LogP contribution in [0.1, 0.15) is 66.2 Å². The highest BCUT2D eigenvalue weighted by Crippen LogP contribution is 2.38. The lowest BCUT2D eigenvalue weighted by Gasteiger charge is -2.36. The number of hydrogen-bond acceptors (Lipinski definition) is 2. The normalized spacial score (nSPS) is 26.2. The maximum Gasteiger partial charge on any atom is 0.315 e. The SMILES string of the molecule is CCC(C)(CC)NC(=O)NCC1(C(=O)O)CCC(C)CC1. The Morgan fingerprint density at radius 3 is 2.19 bits per heavy atom. The van der Waals surface area contributed by atoms with Gasteiger partial charge in [-0.25, -0.2) is 4.79 Å². The first-order valence-corrected chi connectivity index (χ1v) is 8.06. The first-order valence-electron chi connectivity index (χ1n) is 8.06. The van der Waals surface area contributed by atoms with Crippen molar-refractivity contribution in [3.05, 3.63) is 0 Å². The Bertz CT molecular complexity index is 370. The molecule has 2 amide bonds.